The number of aryl methyl sites for hydroxylation is 1. The lowest BCUT2D eigenvalue weighted by molar-refractivity contribution is -0.141. The molecule has 0 fully saturated rings. The van der Waals surface area contributed by atoms with Crippen molar-refractivity contribution in [3.63, 3.8) is 0 Å². The van der Waals surface area contributed by atoms with Gasteiger partial charge in [-0.05, 0) is 102 Å². The molecule has 0 aliphatic heterocycles. The minimum Gasteiger partial charge on any atom is -0.381 e. The number of halogens is 13. The number of alkyl halides is 9. The van der Waals surface area contributed by atoms with Gasteiger partial charge in [0.05, 0.1) is 16.7 Å². The Labute approximate surface area is 321 Å². The number of benzene rings is 6. The quantitative estimate of drug-likeness (QED) is 0.158. The van der Waals surface area contributed by atoms with Gasteiger partial charge in [-0.3, -0.25) is 4.79 Å². The summed E-state index contributed by atoms with van der Waals surface area (Å²) in [7, 11) is 0. The fourth-order valence-corrected chi connectivity index (χ4v) is 5.65. The van der Waals surface area contributed by atoms with Crippen LogP contribution in [-0.4, -0.2) is 5.91 Å². The molecule has 6 rings (SSSR count). The maximum atomic E-state index is 13.7. The molecule has 0 radical (unpaired) electrons. The molecule has 0 atom stereocenters. The van der Waals surface area contributed by atoms with Crippen molar-refractivity contribution in [2.24, 2.45) is 0 Å². The minimum atomic E-state index is -4.85. The first kappa shape index (κ1) is 42.8. The van der Waals surface area contributed by atoms with E-state index in [-0.39, 0.29) is 28.9 Å². The second-order valence-electron chi connectivity index (χ2n) is 12.6. The van der Waals surface area contributed by atoms with Crippen molar-refractivity contribution in [1.82, 2.24) is 0 Å². The van der Waals surface area contributed by atoms with Crippen LogP contribution in [0.5, 0.6) is 0 Å². The van der Waals surface area contributed by atoms with Gasteiger partial charge in [0.1, 0.15) is 28.8 Å². The van der Waals surface area contributed by atoms with Gasteiger partial charge >= 0.3 is 18.5 Å². The molecule has 0 aromatic heterocycles. The van der Waals surface area contributed by atoms with Crippen LogP contribution in [0.4, 0.5) is 68.5 Å². The predicted octanol–water partition coefficient (Wildman–Crippen LogP) is 13.5. The Hall–Kier alpha value is -6.32. The maximum absolute atomic E-state index is 13.7. The van der Waals surface area contributed by atoms with E-state index >= 15 is 0 Å². The molecule has 58 heavy (non-hydrogen) atoms. The standard InChI is InChI=1S/C21H13F8N.C21H14F5NO/c22-18-2-1-3-19(23)16(18)11-30-14-7-4-12(5-8-14)15-10-13(20(24,25)26)6-9-17(15)21(27,28)29;1-12-5-10-16(21(24,25)26)15(11-12)13-6-8-14(9-7-13)27-20(28)19-17(22)3-2-4-18(19)23/h1-10,30H,11H2;2-11H,1H3,(H,27,28). The normalized spacial score (nSPS) is 11.8. The molecule has 0 saturated carbocycles. The van der Waals surface area contributed by atoms with Crippen LogP contribution in [0, 0.1) is 30.2 Å². The Morgan fingerprint density at radius 2 is 0.966 bits per heavy atom. The Balaban J connectivity index is 0.000000221. The van der Waals surface area contributed by atoms with Crippen molar-refractivity contribution in [2.45, 2.75) is 32.0 Å². The van der Waals surface area contributed by atoms with E-state index in [1.165, 1.54) is 66.7 Å². The topological polar surface area (TPSA) is 41.1 Å². The number of amides is 1. The highest BCUT2D eigenvalue weighted by atomic mass is 19.4. The fourth-order valence-electron chi connectivity index (χ4n) is 5.65. The average molecular weight is 823 g/mol. The molecule has 0 heterocycles. The van der Waals surface area contributed by atoms with Gasteiger partial charge in [0, 0.05) is 23.5 Å². The maximum Gasteiger partial charge on any atom is 0.417 e. The van der Waals surface area contributed by atoms with Gasteiger partial charge in [0.2, 0.25) is 0 Å². The molecule has 0 saturated heterocycles. The summed E-state index contributed by atoms with van der Waals surface area (Å²) in [5.41, 5.74) is -3.37. The molecule has 2 N–H and O–H groups in total. The van der Waals surface area contributed by atoms with E-state index in [9.17, 15) is 61.9 Å². The average Bonchev–Trinajstić information content (AvgIpc) is 3.14. The van der Waals surface area contributed by atoms with Crippen LogP contribution < -0.4 is 10.6 Å². The number of carbonyl (C=O) groups excluding carboxylic acids is 1. The van der Waals surface area contributed by atoms with Crippen LogP contribution >= 0.6 is 0 Å². The predicted molar refractivity (Wildman–Crippen MR) is 191 cm³/mol. The number of carbonyl (C=O) groups is 1. The summed E-state index contributed by atoms with van der Waals surface area (Å²) in [5.74, 6) is -4.54. The molecule has 0 aliphatic rings. The summed E-state index contributed by atoms with van der Waals surface area (Å²) in [5, 5.41) is 5.05. The zero-order chi connectivity index (χ0) is 42.6. The summed E-state index contributed by atoms with van der Waals surface area (Å²) >= 11 is 0. The van der Waals surface area contributed by atoms with Crippen molar-refractivity contribution < 1.29 is 61.9 Å². The molecule has 0 spiro atoms. The van der Waals surface area contributed by atoms with Crippen LogP contribution in [0.25, 0.3) is 22.3 Å². The Bertz CT molecular complexity index is 2360. The largest absolute Gasteiger partial charge is 0.417 e. The molecule has 0 unspecified atom stereocenters. The lowest BCUT2D eigenvalue weighted by atomic mass is 9.96. The molecule has 6 aromatic carbocycles. The molecule has 1 amide bonds. The fraction of sp³-hybridized carbons (Fsp3) is 0.119. The third-order valence-electron chi connectivity index (χ3n) is 8.50. The molecular formula is C42H27F13N2O. The summed E-state index contributed by atoms with van der Waals surface area (Å²) in [6.07, 6.45) is -14.2. The van der Waals surface area contributed by atoms with Crippen LogP contribution in [0.2, 0.25) is 0 Å². The first-order chi connectivity index (χ1) is 27.1. The second-order valence-corrected chi connectivity index (χ2v) is 12.6. The van der Waals surface area contributed by atoms with Crippen LogP contribution in [0.15, 0.2) is 121 Å². The lowest BCUT2D eigenvalue weighted by Gasteiger charge is -2.16. The van der Waals surface area contributed by atoms with Crippen molar-refractivity contribution in [1.29, 1.82) is 0 Å². The van der Waals surface area contributed by atoms with Crippen molar-refractivity contribution >= 4 is 17.3 Å². The minimum absolute atomic E-state index is 0.00512. The van der Waals surface area contributed by atoms with Crippen molar-refractivity contribution in [3.05, 3.63) is 178 Å². The molecule has 0 bridgehead atoms. The first-order valence-electron chi connectivity index (χ1n) is 16.7. The van der Waals surface area contributed by atoms with E-state index in [0.717, 1.165) is 36.4 Å². The van der Waals surface area contributed by atoms with Crippen LogP contribution in [0.3, 0.4) is 0 Å². The SMILES string of the molecule is Cc1ccc(C(F)(F)F)c(-c2ccc(NC(=O)c3c(F)cccc3F)cc2)c1.Fc1cccc(F)c1CNc1ccc(-c2cc(C(F)(F)F)ccc2C(F)(F)F)cc1. The summed E-state index contributed by atoms with van der Waals surface area (Å²) in [6, 6.07) is 22.0. The smallest absolute Gasteiger partial charge is 0.381 e. The van der Waals surface area contributed by atoms with Crippen LogP contribution in [0.1, 0.15) is 38.2 Å². The molecule has 6 aromatic rings. The lowest BCUT2D eigenvalue weighted by Crippen LogP contribution is -2.15. The van der Waals surface area contributed by atoms with E-state index in [1.54, 1.807) is 6.92 Å². The van der Waals surface area contributed by atoms with E-state index < -0.39 is 75.5 Å². The van der Waals surface area contributed by atoms with Crippen molar-refractivity contribution in [3.8, 4) is 22.3 Å². The molecular weight excluding hydrogens is 795 g/mol. The van der Waals surface area contributed by atoms with Gasteiger partial charge < -0.3 is 10.6 Å². The zero-order valence-corrected chi connectivity index (χ0v) is 29.6. The Morgan fingerprint density at radius 1 is 0.517 bits per heavy atom. The highest BCUT2D eigenvalue weighted by molar-refractivity contribution is 6.04. The number of hydrogen-bond acceptors (Lipinski definition) is 2. The molecule has 0 aliphatic carbocycles. The number of anilines is 2. The third-order valence-corrected chi connectivity index (χ3v) is 8.50. The van der Waals surface area contributed by atoms with E-state index in [1.807, 2.05) is 0 Å². The highest BCUT2D eigenvalue weighted by Crippen LogP contribution is 2.41. The Kier molecular flexibility index (Phi) is 12.6. The first-order valence-corrected chi connectivity index (χ1v) is 16.7. The highest BCUT2D eigenvalue weighted by Gasteiger charge is 2.37. The summed E-state index contributed by atoms with van der Waals surface area (Å²) in [4.78, 5) is 12.1. The van der Waals surface area contributed by atoms with Crippen LogP contribution in [-0.2, 0) is 25.1 Å². The zero-order valence-electron chi connectivity index (χ0n) is 29.6. The number of nitrogens with one attached hydrogen (secondary N) is 2. The van der Waals surface area contributed by atoms with Crippen molar-refractivity contribution in [2.75, 3.05) is 10.6 Å². The number of hydrogen-bond donors (Lipinski definition) is 2. The van der Waals surface area contributed by atoms with E-state index in [2.05, 4.69) is 10.6 Å². The molecule has 3 nitrogen and oxygen atoms in total. The van der Waals surface area contributed by atoms with E-state index in [0.29, 0.717) is 35.0 Å². The van der Waals surface area contributed by atoms with E-state index in [4.69, 9.17) is 0 Å². The Morgan fingerprint density at radius 3 is 1.45 bits per heavy atom. The number of rotatable bonds is 7. The van der Waals surface area contributed by atoms with Gasteiger partial charge in [-0.1, -0.05) is 54.1 Å². The van der Waals surface area contributed by atoms with Gasteiger partial charge in [-0.2, -0.15) is 39.5 Å². The second kappa shape index (κ2) is 17.0. The monoisotopic (exact) mass is 822 g/mol. The van der Waals surface area contributed by atoms with Gasteiger partial charge in [0.15, 0.2) is 0 Å². The van der Waals surface area contributed by atoms with Gasteiger partial charge in [-0.15, -0.1) is 0 Å². The third kappa shape index (κ3) is 10.3. The van der Waals surface area contributed by atoms with Gasteiger partial charge in [-0.25, -0.2) is 17.6 Å². The molecule has 302 valence electrons. The summed E-state index contributed by atoms with van der Waals surface area (Å²) < 4.78 is 173. The van der Waals surface area contributed by atoms with Gasteiger partial charge in [0.25, 0.3) is 5.91 Å². The molecule has 16 heteroatoms. The summed E-state index contributed by atoms with van der Waals surface area (Å²) in [6.45, 7) is 1.45.